The molecule has 0 bridgehead atoms. The molecule has 1 fully saturated rings. The van der Waals surface area contributed by atoms with Crippen molar-refractivity contribution in [2.75, 3.05) is 66.6 Å². The van der Waals surface area contributed by atoms with E-state index in [-0.39, 0.29) is 19.3 Å². The highest BCUT2D eigenvalue weighted by Gasteiger charge is 2.27. The Morgan fingerprint density at radius 1 is 1.17 bits per heavy atom. The molecule has 0 radical (unpaired) electrons. The third-order valence-electron chi connectivity index (χ3n) is 5.53. The molecule has 1 aromatic carbocycles. The number of hydrogen-bond donors (Lipinski definition) is 0. The van der Waals surface area contributed by atoms with Crippen LogP contribution in [-0.2, 0) is 25.5 Å². The second kappa shape index (κ2) is 12.1. The number of benzene rings is 1. The average Bonchev–Trinajstić information content (AvgIpc) is 3.41. The van der Waals surface area contributed by atoms with Gasteiger partial charge in [0, 0.05) is 26.2 Å². The van der Waals surface area contributed by atoms with Gasteiger partial charge in [0.1, 0.15) is 6.61 Å². The van der Waals surface area contributed by atoms with Crippen molar-refractivity contribution in [3.63, 3.8) is 0 Å². The highest BCUT2D eigenvalue weighted by molar-refractivity contribution is 5.77. The van der Waals surface area contributed by atoms with Crippen molar-refractivity contribution in [2.24, 2.45) is 0 Å². The first-order valence-corrected chi connectivity index (χ1v) is 10.8. The molecule has 2 heterocycles. The van der Waals surface area contributed by atoms with Gasteiger partial charge < -0.3 is 28.6 Å². The van der Waals surface area contributed by atoms with Crippen LogP contribution in [0.3, 0.4) is 0 Å². The molecule has 8 nitrogen and oxygen atoms in total. The summed E-state index contributed by atoms with van der Waals surface area (Å²) in [6.07, 6.45) is 2.30. The van der Waals surface area contributed by atoms with Gasteiger partial charge in [0.25, 0.3) is 0 Å². The Hall–Kier alpha value is -1.87. The highest BCUT2D eigenvalue weighted by Crippen LogP contribution is 2.33. The molecule has 1 amide bonds. The van der Waals surface area contributed by atoms with Crippen molar-refractivity contribution in [1.29, 1.82) is 0 Å². The van der Waals surface area contributed by atoms with E-state index in [0.29, 0.717) is 45.6 Å². The summed E-state index contributed by atoms with van der Waals surface area (Å²) in [6, 6.07) is 6.25. The monoisotopic (exact) mass is 422 g/mol. The Kier molecular flexibility index (Phi) is 9.20. The van der Waals surface area contributed by atoms with Crippen LogP contribution < -0.4 is 9.47 Å². The lowest BCUT2D eigenvalue weighted by Gasteiger charge is -2.30. The van der Waals surface area contributed by atoms with Crippen LogP contribution in [0.2, 0.25) is 0 Å². The summed E-state index contributed by atoms with van der Waals surface area (Å²) in [6.45, 7) is 7.72. The number of carbonyl (C=O) groups is 1. The fourth-order valence-corrected chi connectivity index (χ4v) is 3.90. The van der Waals surface area contributed by atoms with E-state index < -0.39 is 0 Å². The van der Waals surface area contributed by atoms with Crippen LogP contribution in [0.5, 0.6) is 11.5 Å². The number of likely N-dealkylation sites (tertiary alicyclic amines) is 1. The Morgan fingerprint density at radius 3 is 2.80 bits per heavy atom. The fourth-order valence-electron chi connectivity index (χ4n) is 3.90. The number of hydrogen-bond acceptors (Lipinski definition) is 7. The van der Waals surface area contributed by atoms with Gasteiger partial charge in [-0.1, -0.05) is 13.0 Å². The zero-order valence-corrected chi connectivity index (χ0v) is 18.1. The van der Waals surface area contributed by atoms with E-state index in [9.17, 15) is 4.79 Å². The van der Waals surface area contributed by atoms with Gasteiger partial charge in [0.2, 0.25) is 12.7 Å². The minimum atomic E-state index is -0.00693. The molecule has 1 atom stereocenters. The number of rotatable bonds is 13. The second-order valence-electron chi connectivity index (χ2n) is 7.54. The molecule has 1 saturated heterocycles. The summed E-state index contributed by atoms with van der Waals surface area (Å²) >= 11 is 0. The molecule has 0 spiro atoms. The fraction of sp³-hybridized carbons (Fsp3) is 0.682. The van der Waals surface area contributed by atoms with E-state index in [1.54, 1.807) is 7.11 Å². The number of ether oxygens (including phenoxy) is 5. The van der Waals surface area contributed by atoms with Crippen molar-refractivity contribution >= 4 is 5.91 Å². The van der Waals surface area contributed by atoms with Gasteiger partial charge in [-0.15, -0.1) is 0 Å². The van der Waals surface area contributed by atoms with Crippen LogP contribution in [0.25, 0.3) is 0 Å². The van der Waals surface area contributed by atoms with E-state index in [0.717, 1.165) is 36.6 Å². The molecule has 0 N–H and O–H groups in total. The number of methoxy groups -OCH3 is 1. The summed E-state index contributed by atoms with van der Waals surface area (Å²) in [7, 11) is 1.64. The highest BCUT2D eigenvalue weighted by atomic mass is 16.7. The van der Waals surface area contributed by atoms with Crippen molar-refractivity contribution in [1.82, 2.24) is 9.80 Å². The lowest BCUT2D eigenvalue weighted by atomic mass is 10.1. The minimum absolute atomic E-state index is 0.00693. The largest absolute Gasteiger partial charge is 0.454 e. The quantitative estimate of drug-likeness (QED) is 0.450. The molecular formula is C22H34N2O6. The Balaban J connectivity index is 1.55. The predicted molar refractivity (Wildman–Crippen MR) is 112 cm³/mol. The molecule has 8 heteroatoms. The van der Waals surface area contributed by atoms with Gasteiger partial charge in [-0.05, 0) is 43.6 Å². The molecular weight excluding hydrogens is 388 g/mol. The Labute approximate surface area is 179 Å². The standard InChI is InChI=1S/C22H34N2O6/c1-3-23-8-4-5-19(23)15-24(22(25)16-28-12-11-27-10-9-26-2)14-18-6-7-20-21(13-18)30-17-29-20/h6-7,13,19H,3-5,8-12,14-17H2,1-2H3/t19-/m0/s1. The summed E-state index contributed by atoms with van der Waals surface area (Å²) < 4.78 is 26.8. The molecule has 0 aliphatic carbocycles. The van der Waals surface area contributed by atoms with E-state index >= 15 is 0 Å². The zero-order chi connectivity index (χ0) is 21.2. The Bertz CT molecular complexity index is 671. The molecule has 0 aromatic heterocycles. The maximum Gasteiger partial charge on any atom is 0.248 e. The summed E-state index contributed by atoms with van der Waals surface area (Å²) in [5.41, 5.74) is 1.02. The van der Waals surface area contributed by atoms with Crippen molar-refractivity contribution < 1.29 is 28.5 Å². The first-order valence-electron chi connectivity index (χ1n) is 10.8. The minimum Gasteiger partial charge on any atom is -0.454 e. The molecule has 168 valence electrons. The second-order valence-corrected chi connectivity index (χ2v) is 7.54. The molecule has 30 heavy (non-hydrogen) atoms. The molecule has 1 aromatic rings. The van der Waals surface area contributed by atoms with Gasteiger partial charge in [-0.2, -0.15) is 0 Å². The van der Waals surface area contributed by atoms with Gasteiger partial charge in [0.05, 0.1) is 26.4 Å². The topological polar surface area (TPSA) is 69.7 Å². The lowest BCUT2D eigenvalue weighted by molar-refractivity contribution is -0.138. The molecule has 2 aliphatic rings. The number of likely N-dealkylation sites (N-methyl/N-ethyl adjacent to an activating group) is 1. The SMILES string of the molecule is CCN1CCC[C@H]1CN(Cc1ccc2c(c1)OCO2)C(=O)COCCOCCOC. The van der Waals surface area contributed by atoms with Crippen LogP contribution in [0.1, 0.15) is 25.3 Å². The van der Waals surface area contributed by atoms with Crippen molar-refractivity contribution in [3.05, 3.63) is 23.8 Å². The van der Waals surface area contributed by atoms with Crippen molar-refractivity contribution in [2.45, 2.75) is 32.4 Å². The van der Waals surface area contributed by atoms with Gasteiger partial charge in [0.15, 0.2) is 11.5 Å². The number of fused-ring (bicyclic) bond motifs is 1. The number of carbonyl (C=O) groups excluding carboxylic acids is 1. The van der Waals surface area contributed by atoms with Gasteiger partial charge in [-0.25, -0.2) is 0 Å². The maximum atomic E-state index is 13.0. The van der Waals surface area contributed by atoms with E-state index in [4.69, 9.17) is 23.7 Å². The molecule has 0 saturated carbocycles. The number of amides is 1. The van der Waals surface area contributed by atoms with Crippen LogP contribution in [0.4, 0.5) is 0 Å². The van der Waals surface area contributed by atoms with E-state index in [2.05, 4.69) is 11.8 Å². The van der Waals surface area contributed by atoms with Crippen LogP contribution in [0.15, 0.2) is 18.2 Å². The first kappa shape index (κ1) is 22.8. The number of nitrogens with zero attached hydrogens (tertiary/aromatic N) is 2. The summed E-state index contributed by atoms with van der Waals surface area (Å²) in [5, 5.41) is 0. The smallest absolute Gasteiger partial charge is 0.248 e. The lowest BCUT2D eigenvalue weighted by Crippen LogP contribution is -2.44. The van der Waals surface area contributed by atoms with E-state index in [1.165, 1.54) is 6.42 Å². The first-order chi connectivity index (χ1) is 14.7. The Morgan fingerprint density at radius 2 is 1.97 bits per heavy atom. The third-order valence-corrected chi connectivity index (χ3v) is 5.53. The maximum absolute atomic E-state index is 13.0. The normalized spacial score (nSPS) is 18.1. The average molecular weight is 423 g/mol. The molecule has 2 aliphatic heterocycles. The summed E-state index contributed by atoms with van der Waals surface area (Å²) in [5.74, 6) is 1.48. The molecule has 3 rings (SSSR count). The predicted octanol–water partition coefficient (Wildman–Crippen LogP) is 1.91. The van der Waals surface area contributed by atoms with Gasteiger partial charge in [-0.3, -0.25) is 9.69 Å². The zero-order valence-electron chi connectivity index (χ0n) is 18.1. The van der Waals surface area contributed by atoms with Gasteiger partial charge >= 0.3 is 0 Å². The third kappa shape index (κ3) is 6.57. The molecule has 0 unspecified atom stereocenters. The van der Waals surface area contributed by atoms with E-state index in [1.807, 2.05) is 23.1 Å². The van der Waals surface area contributed by atoms with Crippen molar-refractivity contribution in [3.8, 4) is 11.5 Å². The summed E-state index contributed by atoms with van der Waals surface area (Å²) in [4.78, 5) is 17.3. The van der Waals surface area contributed by atoms with Crippen LogP contribution >= 0.6 is 0 Å². The van der Waals surface area contributed by atoms with Crippen LogP contribution in [0, 0.1) is 0 Å². The van der Waals surface area contributed by atoms with Crippen LogP contribution in [-0.4, -0.2) is 88.3 Å².